The molecule has 0 aromatic carbocycles. The first-order valence-corrected chi connectivity index (χ1v) is 6.77. The van der Waals surface area contributed by atoms with Crippen LogP contribution < -0.4 is 0 Å². The third-order valence-corrected chi connectivity index (χ3v) is 4.91. The first-order valence-electron chi connectivity index (χ1n) is 5.25. The van der Waals surface area contributed by atoms with Crippen molar-refractivity contribution in [2.24, 2.45) is 5.92 Å². The van der Waals surface area contributed by atoms with Gasteiger partial charge in [0, 0.05) is 16.5 Å². The van der Waals surface area contributed by atoms with Crippen LogP contribution in [0.3, 0.4) is 0 Å². The number of hydrogen-bond acceptors (Lipinski definition) is 1. The Labute approximate surface area is 97.4 Å². The molecule has 0 heterocycles. The van der Waals surface area contributed by atoms with E-state index in [0.717, 1.165) is 5.92 Å². The maximum Gasteiger partial charge on any atom is 0.0239 e. The fraction of sp³-hybridized carbons (Fsp3) is 1.00. The van der Waals surface area contributed by atoms with E-state index in [1.54, 1.807) is 0 Å². The highest BCUT2D eigenvalue weighted by molar-refractivity contribution is 14.1. The predicted molar refractivity (Wildman–Crippen MR) is 69.7 cm³/mol. The topological polar surface area (TPSA) is 3.24 Å². The molecule has 0 unspecified atom stereocenters. The van der Waals surface area contributed by atoms with Crippen molar-refractivity contribution >= 4 is 22.6 Å². The smallest absolute Gasteiger partial charge is 0.0239 e. The fourth-order valence-corrected chi connectivity index (χ4v) is 1.87. The molecule has 0 fully saturated rings. The van der Waals surface area contributed by atoms with Gasteiger partial charge in [0.05, 0.1) is 0 Å². The summed E-state index contributed by atoms with van der Waals surface area (Å²) >= 11 is 2.47. The van der Waals surface area contributed by atoms with Gasteiger partial charge in [0.15, 0.2) is 0 Å². The zero-order valence-electron chi connectivity index (χ0n) is 9.73. The van der Waals surface area contributed by atoms with E-state index in [4.69, 9.17) is 0 Å². The minimum atomic E-state index is 0.350. The molecular weight excluding hydrogens is 273 g/mol. The van der Waals surface area contributed by atoms with Crippen LogP contribution in [0, 0.1) is 5.92 Å². The standard InChI is InChI=1S/C11H24IN/c1-6-10(7-2)8-13(5)11(3,4)9-12/h10H,6-9H2,1-5H3. The van der Waals surface area contributed by atoms with Crippen LogP contribution in [0.5, 0.6) is 0 Å². The van der Waals surface area contributed by atoms with Gasteiger partial charge in [-0.05, 0) is 26.8 Å². The summed E-state index contributed by atoms with van der Waals surface area (Å²) in [6.07, 6.45) is 2.61. The van der Waals surface area contributed by atoms with Crippen molar-refractivity contribution in [3.05, 3.63) is 0 Å². The molecule has 80 valence electrons. The molecule has 0 aromatic heterocycles. The molecular formula is C11H24IN. The summed E-state index contributed by atoms with van der Waals surface area (Å²) in [5.41, 5.74) is 0.350. The zero-order chi connectivity index (χ0) is 10.5. The van der Waals surface area contributed by atoms with Crippen LogP contribution in [0.4, 0.5) is 0 Å². The molecule has 0 aliphatic rings. The van der Waals surface area contributed by atoms with Gasteiger partial charge in [-0.2, -0.15) is 0 Å². The van der Waals surface area contributed by atoms with E-state index in [1.807, 2.05) is 0 Å². The second kappa shape index (κ2) is 6.23. The molecule has 0 radical (unpaired) electrons. The van der Waals surface area contributed by atoms with E-state index >= 15 is 0 Å². The fourth-order valence-electron chi connectivity index (χ4n) is 1.28. The van der Waals surface area contributed by atoms with Crippen molar-refractivity contribution in [1.82, 2.24) is 4.90 Å². The second-order valence-corrected chi connectivity index (χ2v) is 5.27. The summed E-state index contributed by atoms with van der Waals surface area (Å²) in [7, 11) is 2.25. The van der Waals surface area contributed by atoms with Gasteiger partial charge in [-0.25, -0.2) is 0 Å². The quantitative estimate of drug-likeness (QED) is 0.535. The molecule has 2 heteroatoms. The van der Waals surface area contributed by atoms with Crippen molar-refractivity contribution in [3.63, 3.8) is 0 Å². The Morgan fingerprint density at radius 1 is 1.23 bits per heavy atom. The van der Waals surface area contributed by atoms with Crippen molar-refractivity contribution in [3.8, 4) is 0 Å². The van der Waals surface area contributed by atoms with E-state index in [0.29, 0.717) is 5.54 Å². The monoisotopic (exact) mass is 297 g/mol. The van der Waals surface area contributed by atoms with Crippen LogP contribution in [0.25, 0.3) is 0 Å². The SMILES string of the molecule is CCC(CC)CN(C)C(C)(C)CI. The molecule has 0 aliphatic heterocycles. The Morgan fingerprint density at radius 2 is 1.69 bits per heavy atom. The average Bonchev–Trinajstić information content (AvgIpc) is 2.13. The van der Waals surface area contributed by atoms with E-state index in [-0.39, 0.29) is 0 Å². The summed E-state index contributed by atoms with van der Waals surface area (Å²) < 4.78 is 1.20. The Bertz CT molecular complexity index is 130. The Hall–Kier alpha value is 0.690. The lowest BCUT2D eigenvalue weighted by atomic mass is 9.99. The van der Waals surface area contributed by atoms with Gasteiger partial charge >= 0.3 is 0 Å². The maximum absolute atomic E-state index is 2.50. The Kier molecular flexibility index (Phi) is 6.56. The van der Waals surface area contributed by atoms with E-state index in [1.165, 1.54) is 23.8 Å². The predicted octanol–water partition coefficient (Wildman–Crippen LogP) is 3.57. The largest absolute Gasteiger partial charge is 0.300 e. The molecule has 0 saturated heterocycles. The van der Waals surface area contributed by atoms with Gasteiger partial charge < -0.3 is 4.90 Å². The van der Waals surface area contributed by atoms with Crippen molar-refractivity contribution in [2.45, 2.75) is 46.1 Å². The van der Waals surface area contributed by atoms with Crippen molar-refractivity contribution < 1.29 is 0 Å². The van der Waals surface area contributed by atoms with E-state index in [2.05, 4.69) is 62.2 Å². The molecule has 0 bridgehead atoms. The van der Waals surface area contributed by atoms with Crippen LogP contribution in [-0.4, -0.2) is 28.5 Å². The van der Waals surface area contributed by atoms with E-state index < -0.39 is 0 Å². The number of alkyl halides is 1. The minimum absolute atomic E-state index is 0.350. The molecule has 0 spiro atoms. The summed E-state index contributed by atoms with van der Waals surface area (Å²) in [6, 6.07) is 0. The van der Waals surface area contributed by atoms with Crippen LogP contribution in [-0.2, 0) is 0 Å². The maximum atomic E-state index is 2.50. The summed E-state index contributed by atoms with van der Waals surface area (Å²) in [5.74, 6) is 0.868. The highest BCUT2D eigenvalue weighted by atomic mass is 127. The highest BCUT2D eigenvalue weighted by Crippen LogP contribution is 2.19. The van der Waals surface area contributed by atoms with Crippen LogP contribution in [0.2, 0.25) is 0 Å². The summed E-state index contributed by atoms with van der Waals surface area (Å²) in [6.45, 7) is 10.5. The lowest BCUT2D eigenvalue weighted by Crippen LogP contribution is -2.44. The number of nitrogens with zero attached hydrogens (tertiary/aromatic N) is 1. The normalized spacial score (nSPS) is 12.9. The first-order chi connectivity index (χ1) is 5.97. The highest BCUT2D eigenvalue weighted by Gasteiger charge is 2.23. The van der Waals surface area contributed by atoms with Gasteiger partial charge in [-0.1, -0.05) is 49.3 Å². The van der Waals surface area contributed by atoms with Crippen LogP contribution >= 0.6 is 22.6 Å². The molecule has 0 rings (SSSR count). The van der Waals surface area contributed by atoms with Gasteiger partial charge in [0.2, 0.25) is 0 Å². The summed E-state index contributed by atoms with van der Waals surface area (Å²) in [5, 5.41) is 0. The molecule has 1 nitrogen and oxygen atoms in total. The molecule has 0 amide bonds. The minimum Gasteiger partial charge on any atom is -0.300 e. The number of hydrogen-bond donors (Lipinski definition) is 0. The van der Waals surface area contributed by atoms with Crippen LogP contribution in [0.1, 0.15) is 40.5 Å². The molecule has 0 N–H and O–H groups in total. The van der Waals surface area contributed by atoms with Crippen molar-refractivity contribution in [1.29, 1.82) is 0 Å². The summed E-state index contributed by atoms with van der Waals surface area (Å²) in [4.78, 5) is 2.50. The second-order valence-electron chi connectivity index (χ2n) is 4.51. The molecule has 0 atom stereocenters. The van der Waals surface area contributed by atoms with E-state index in [9.17, 15) is 0 Å². The van der Waals surface area contributed by atoms with Gasteiger partial charge in [-0.3, -0.25) is 0 Å². The Balaban J connectivity index is 4.04. The zero-order valence-corrected chi connectivity index (χ0v) is 11.9. The molecule has 0 saturated carbocycles. The molecule has 13 heavy (non-hydrogen) atoms. The Morgan fingerprint density at radius 3 is 2.00 bits per heavy atom. The van der Waals surface area contributed by atoms with Gasteiger partial charge in [0.25, 0.3) is 0 Å². The lowest BCUT2D eigenvalue weighted by molar-refractivity contribution is 0.152. The molecule has 0 aliphatic carbocycles. The van der Waals surface area contributed by atoms with Gasteiger partial charge in [-0.15, -0.1) is 0 Å². The number of rotatable bonds is 6. The lowest BCUT2D eigenvalue weighted by Gasteiger charge is -2.36. The number of halogens is 1. The van der Waals surface area contributed by atoms with Crippen LogP contribution in [0.15, 0.2) is 0 Å². The third kappa shape index (κ3) is 4.63. The third-order valence-electron chi connectivity index (χ3n) is 3.05. The average molecular weight is 297 g/mol. The molecule has 0 aromatic rings. The van der Waals surface area contributed by atoms with Gasteiger partial charge in [0.1, 0.15) is 0 Å². The first kappa shape index (κ1) is 13.7. The van der Waals surface area contributed by atoms with Crippen molar-refractivity contribution in [2.75, 3.05) is 18.0 Å².